The lowest BCUT2D eigenvalue weighted by Gasteiger charge is -2.06. The molecule has 0 saturated carbocycles. The van der Waals surface area contributed by atoms with Crippen LogP contribution in [-0.2, 0) is 0 Å². The van der Waals surface area contributed by atoms with Gasteiger partial charge in [-0.05, 0) is 15.9 Å². The highest BCUT2D eigenvalue weighted by atomic mass is 79.9. The van der Waals surface area contributed by atoms with Crippen molar-refractivity contribution in [2.75, 3.05) is 7.11 Å². The maximum Gasteiger partial charge on any atom is 0.314 e. The number of aromatic nitrogens is 1. The average Bonchev–Trinajstić information content (AvgIpc) is 2.16. The van der Waals surface area contributed by atoms with Gasteiger partial charge in [-0.1, -0.05) is 0 Å². The lowest BCUT2D eigenvalue weighted by Crippen LogP contribution is -2.01. The fourth-order valence-electron chi connectivity index (χ4n) is 0.951. The summed E-state index contributed by atoms with van der Waals surface area (Å²) in [6.45, 7) is 0. The van der Waals surface area contributed by atoms with E-state index in [0.29, 0.717) is 0 Å². The molecular weight excluding hydrogens is 278 g/mol. The topological polar surface area (TPSA) is 65.3 Å². The Bertz CT molecular complexity index is 400. The van der Waals surface area contributed by atoms with Crippen LogP contribution in [0.5, 0.6) is 5.75 Å². The molecule has 0 unspecified atom stereocenters. The lowest BCUT2D eigenvalue weighted by atomic mass is 10.3. The van der Waals surface area contributed by atoms with Crippen molar-refractivity contribution >= 4 is 21.6 Å². The second-order valence-electron chi connectivity index (χ2n) is 2.43. The Kier molecular flexibility index (Phi) is 3.51. The van der Waals surface area contributed by atoms with E-state index in [9.17, 15) is 18.9 Å². The molecule has 0 saturated heterocycles. The first-order valence-corrected chi connectivity index (χ1v) is 4.43. The van der Waals surface area contributed by atoms with Crippen molar-refractivity contribution in [1.29, 1.82) is 0 Å². The molecule has 15 heavy (non-hydrogen) atoms. The molecule has 0 amide bonds. The van der Waals surface area contributed by atoms with Gasteiger partial charge in [-0.25, -0.2) is 13.8 Å². The van der Waals surface area contributed by atoms with Gasteiger partial charge in [0.2, 0.25) is 0 Å². The molecule has 0 aliphatic heterocycles. The Morgan fingerprint density at radius 3 is 2.67 bits per heavy atom. The number of ether oxygens (including phenoxy) is 1. The molecule has 0 aliphatic carbocycles. The van der Waals surface area contributed by atoms with E-state index in [1.54, 1.807) is 0 Å². The van der Waals surface area contributed by atoms with Crippen LogP contribution in [0.4, 0.5) is 14.5 Å². The second kappa shape index (κ2) is 4.47. The summed E-state index contributed by atoms with van der Waals surface area (Å²) in [5.41, 5.74) is -1.66. The standard InChI is InChI=1S/C7H5BrF2N2O3/c1-15-3-2-11-5(7(9)10)6(4(3)8)12(13)14/h2,7H,1H3. The first kappa shape index (κ1) is 11.8. The highest BCUT2D eigenvalue weighted by Gasteiger charge is 2.29. The van der Waals surface area contributed by atoms with E-state index < -0.39 is 22.7 Å². The Labute approximate surface area is 91.3 Å². The third-order valence-electron chi connectivity index (χ3n) is 1.60. The van der Waals surface area contributed by atoms with Crippen molar-refractivity contribution in [1.82, 2.24) is 4.98 Å². The zero-order chi connectivity index (χ0) is 11.6. The van der Waals surface area contributed by atoms with Gasteiger partial charge in [-0.15, -0.1) is 0 Å². The van der Waals surface area contributed by atoms with E-state index in [0.717, 1.165) is 6.20 Å². The molecule has 0 spiro atoms. The van der Waals surface area contributed by atoms with Crippen molar-refractivity contribution in [3.8, 4) is 5.75 Å². The van der Waals surface area contributed by atoms with Crippen LogP contribution in [0, 0.1) is 10.1 Å². The monoisotopic (exact) mass is 282 g/mol. The molecular formula is C7H5BrF2N2O3. The number of pyridine rings is 1. The molecule has 0 atom stereocenters. The van der Waals surface area contributed by atoms with Crippen molar-refractivity contribution < 1.29 is 18.4 Å². The number of hydrogen-bond acceptors (Lipinski definition) is 4. The van der Waals surface area contributed by atoms with E-state index in [1.165, 1.54) is 7.11 Å². The Balaban J connectivity index is 3.44. The molecule has 0 aromatic carbocycles. The summed E-state index contributed by atoms with van der Waals surface area (Å²) >= 11 is 2.82. The van der Waals surface area contributed by atoms with Gasteiger partial charge in [0, 0.05) is 0 Å². The molecule has 0 fully saturated rings. The van der Waals surface area contributed by atoms with Crippen LogP contribution in [0.25, 0.3) is 0 Å². The summed E-state index contributed by atoms with van der Waals surface area (Å²) in [6.07, 6.45) is -2.01. The quantitative estimate of drug-likeness (QED) is 0.632. The van der Waals surface area contributed by atoms with Crippen molar-refractivity contribution in [3.63, 3.8) is 0 Å². The van der Waals surface area contributed by atoms with Crippen LogP contribution in [0.2, 0.25) is 0 Å². The predicted molar refractivity (Wildman–Crippen MR) is 50.1 cm³/mol. The Hall–Kier alpha value is -1.31. The summed E-state index contributed by atoms with van der Waals surface area (Å²) in [5.74, 6) is 0.0334. The zero-order valence-corrected chi connectivity index (χ0v) is 8.99. The van der Waals surface area contributed by atoms with Crippen LogP contribution in [0.3, 0.4) is 0 Å². The van der Waals surface area contributed by atoms with Gasteiger partial charge in [-0.2, -0.15) is 0 Å². The molecule has 8 heteroatoms. The SMILES string of the molecule is COc1cnc(C(F)F)c([N+](=O)[O-])c1Br. The van der Waals surface area contributed by atoms with Gasteiger partial charge in [0.15, 0.2) is 11.4 Å². The van der Waals surface area contributed by atoms with Gasteiger partial charge in [0.05, 0.1) is 18.2 Å². The number of nitro groups is 1. The summed E-state index contributed by atoms with van der Waals surface area (Å²) in [4.78, 5) is 12.9. The molecule has 0 aliphatic rings. The highest BCUT2D eigenvalue weighted by molar-refractivity contribution is 9.10. The zero-order valence-electron chi connectivity index (χ0n) is 7.41. The predicted octanol–water partition coefficient (Wildman–Crippen LogP) is 2.70. The maximum atomic E-state index is 12.4. The van der Waals surface area contributed by atoms with Crippen LogP contribution < -0.4 is 4.74 Å². The molecule has 5 nitrogen and oxygen atoms in total. The molecule has 0 radical (unpaired) electrons. The van der Waals surface area contributed by atoms with Gasteiger partial charge < -0.3 is 4.74 Å². The van der Waals surface area contributed by atoms with Gasteiger partial charge >= 0.3 is 5.69 Å². The minimum absolute atomic E-state index is 0.0334. The number of methoxy groups -OCH3 is 1. The summed E-state index contributed by atoms with van der Waals surface area (Å²) < 4.78 is 29.3. The molecule has 1 aromatic rings. The minimum atomic E-state index is -3.01. The van der Waals surface area contributed by atoms with E-state index in [-0.39, 0.29) is 10.2 Å². The number of halogens is 3. The molecule has 1 rings (SSSR count). The van der Waals surface area contributed by atoms with Crippen LogP contribution >= 0.6 is 15.9 Å². The van der Waals surface area contributed by atoms with Crippen molar-refractivity contribution in [2.24, 2.45) is 0 Å². The van der Waals surface area contributed by atoms with Gasteiger partial charge in [0.25, 0.3) is 6.43 Å². The van der Waals surface area contributed by atoms with Crippen LogP contribution in [0.1, 0.15) is 12.1 Å². The first-order chi connectivity index (χ1) is 6.99. The fraction of sp³-hybridized carbons (Fsp3) is 0.286. The Morgan fingerprint density at radius 1 is 1.67 bits per heavy atom. The smallest absolute Gasteiger partial charge is 0.314 e. The van der Waals surface area contributed by atoms with Crippen molar-refractivity contribution in [2.45, 2.75) is 6.43 Å². The summed E-state index contributed by atoms with van der Waals surface area (Å²) in [6, 6.07) is 0. The number of alkyl halides is 2. The third-order valence-corrected chi connectivity index (χ3v) is 2.36. The summed E-state index contributed by atoms with van der Waals surface area (Å²) in [5, 5.41) is 10.6. The second-order valence-corrected chi connectivity index (χ2v) is 3.23. The fourth-order valence-corrected chi connectivity index (χ4v) is 1.56. The Morgan fingerprint density at radius 2 is 2.27 bits per heavy atom. The normalized spacial score (nSPS) is 10.5. The lowest BCUT2D eigenvalue weighted by molar-refractivity contribution is -0.387. The van der Waals surface area contributed by atoms with Gasteiger partial charge in [0.1, 0.15) is 4.47 Å². The van der Waals surface area contributed by atoms with Crippen LogP contribution in [-0.4, -0.2) is 17.0 Å². The van der Waals surface area contributed by atoms with E-state index in [1.807, 2.05) is 0 Å². The molecule has 82 valence electrons. The maximum absolute atomic E-state index is 12.4. The third kappa shape index (κ3) is 2.20. The largest absolute Gasteiger partial charge is 0.494 e. The van der Waals surface area contributed by atoms with Gasteiger partial charge in [-0.3, -0.25) is 10.1 Å². The molecule has 0 N–H and O–H groups in total. The van der Waals surface area contributed by atoms with Crippen molar-refractivity contribution in [3.05, 3.63) is 26.5 Å². The number of hydrogen-bond donors (Lipinski definition) is 0. The minimum Gasteiger partial charge on any atom is -0.494 e. The average molecular weight is 283 g/mol. The summed E-state index contributed by atoms with van der Waals surface area (Å²) in [7, 11) is 1.26. The van der Waals surface area contributed by atoms with E-state index in [2.05, 4.69) is 20.9 Å². The number of rotatable bonds is 3. The molecule has 1 aromatic heterocycles. The molecule has 1 heterocycles. The number of nitrogens with zero attached hydrogens (tertiary/aromatic N) is 2. The van der Waals surface area contributed by atoms with E-state index >= 15 is 0 Å². The molecule has 0 bridgehead atoms. The van der Waals surface area contributed by atoms with E-state index in [4.69, 9.17) is 4.74 Å². The van der Waals surface area contributed by atoms with Crippen LogP contribution in [0.15, 0.2) is 10.7 Å². The first-order valence-electron chi connectivity index (χ1n) is 3.64. The highest BCUT2D eigenvalue weighted by Crippen LogP contribution is 2.38.